The molecule has 150 valence electrons. The third kappa shape index (κ3) is 6.00. The molecule has 1 amide bonds. The molecule has 0 atom stereocenters. The number of pyridine rings is 1. The zero-order valence-electron chi connectivity index (χ0n) is 16.1. The van der Waals surface area contributed by atoms with Gasteiger partial charge in [0.2, 0.25) is 5.91 Å². The van der Waals surface area contributed by atoms with Gasteiger partial charge in [-0.15, -0.1) is 0 Å². The molecule has 0 aliphatic heterocycles. The van der Waals surface area contributed by atoms with Crippen molar-refractivity contribution in [3.05, 3.63) is 66.9 Å². The van der Waals surface area contributed by atoms with Crippen LogP contribution in [-0.2, 0) is 4.79 Å². The molecule has 0 fully saturated rings. The number of rotatable bonds is 7. The number of ether oxygens (including phenoxy) is 1. The molecule has 29 heavy (non-hydrogen) atoms. The molecule has 2 aromatic carbocycles. The van der Waals surface area contributed by atoms with Crippen LogP contribution in [0.2, 0.25) is 0 Å². The summed E-state index contributed by atoms with van der Waals surface area (Å²) in [6, 6.07) is 17.5. The van der Waals surface area contributed by atoms with Crippen LogP contribution in [0.5, 0.6) is 5.75 Å². The number of aromatic nitrogens is 1. The maximum atomic E-state index is 13.0. The van der Waals surface area contributed by atoms with Gasteiger partial charge < -0.3 is 15.4 Å². The SMILES string of the molecule is CCC(=O)Nc1cccc(-c2ccc(Nc3cccc(OC(C)(F)F)c3)nc2)c1. The molecule has 2 N–H and O–H groups in total. The Morgan fingerprint density at radius 2 is 1.79 bits per heavy atom. The van der Waals surface area contributed by atoms with Gasteiger partial charge >= 0.3 is 6.11 Å². The summed E-state index contributed by atoms with van der Waals surface area (Å²) in [6.07, 6.45) is -1.14. The van der Waals surface area contributed by atoms with Gasteiger partial charge in [0.1, 0.15) is 11.6 Å². The van der Waals surface area contributed by atoms with Crippen molar-refractivity contribution in [2.24, 2.45) is 0 Å². The first-order valence-electron chi connectivity index (χ1n) is 9.12. The molecule has 3 rings (SSSR count). The van der Waals surface area contributed by atoms with E-state index in [1.165, 1.54) is 12.1 Å². The fraction of sp³-hybridized carbons (Fsp3) is 0.182. The number of nitrogens with one attached hydrogen (secondary N) is 2. The molecular weight excluding hydrogens is 376 g/mol. The summed E-state index contributed by atoms with van der Waals surface area (Å²) in [7, 11) is 0. The lowest BCUT2D eigenvalue weighted by Gasteiger charge is -2.14. The van der Waals surface area contributed by atoms with E-state index < -0.39 is 6.11 Å². The largest absolute Gasteiger partial charge is 0.433 e. The molecule has 0 unspecified atom stereocenters. The summed E-state index contributed by atoms with van der Waals surface area (Å²) in [5.74, 6) is 0.571. The van der Waals surface area contributed by atoms with E-state index in [4.69, 9.17) is 0 Å². The molecule has 5 nitrogen and oxygen atoms in total. The van der Waals surface area contributed by atoms with Gasteiger partial charge in [0.05, 0.1) is 0 Å². The van der Waals surface area contributed by atoms with Gasteiger partial charge in [-0.2, -0.15) is 8.78 Å². The Kier molecular flexibility index (Phi) is 6.07. The molecule has 0 saturated carbocycles. The van der Waals surface area contributed by atoms with E-state index in [-0.39, 0.29) is 11.7 Å². The molecule has 0 aliphatic rings. The van der Waals surface area contributed by atoms with Gasteiger partial charge in [-0.25, -0.2) is 4.98 Å². The van der Waals surface area contributed by atoms with Gasteiger partial charge in [0.15, 0.2) is 0 Å². The fourth-order valence-electron chi connectivity index (χ4n) is 2.66. The monoisotopic (exact) mass is 397 g/mol. The number of hydrogen-bond donors (Lipinski definition) is 2. The molecule has 0 aliphatic carbocycles. The minimum absolute atomic E-state index is 0.0492. The van der Waals surface area contributed by atoms with Crippen molar-refractivity contribution < 1.29 is 18.3 Å². The zero-order chi connectivity index (χ0) is 20.9. The number of amides is 1. The summed E-state index contributed by atoms with van der Waals surface area (Å²) in [4.78, 5) is 15.9. The number of carbonyl (C=O) groups excluding carboxylic acids is 1. The Bertz CT molecular complexity index is 986. The molecule has 1 aromatic heterocycles. The highest BCUT2D eigenvalue weighted by atomic mass is 19.3. The first-order valence-corrected chi connectivity index (χ1v) is 9.12. The minimum Gasteiger partial charge on any atom is -0.433 e. The third-order valence-corrected chi connectivity index (χ3v) is 3.97. The van der Waals surface area contributed by atoms with Crippen molar-refractivity contribution in [1.29, 1.82) is 0 Å². The van der Waals surface area contributed by atoms with Gasteiger partial charge in [0, 0.05) is 42.5 Å². The van der Waals surface area contributed by atoms with E-state index in [1.807, 2.05) is 30.3 Å². The number of anilines is 3. The van der Waals surface area contributed by atoms with Gasteiger partial charge in [-0.05, 0) is 42.0 Å². The van der Waals surface area contributed by atoms with Gasteiger partial charge in [-0.1, -0.05) is 25.1 Å². The molecule has 3 aromatic rings. The summed E-state index contributed by atoms with van der Waals surface area (Å²) in [6.45, 7) is 2.49. The number of benzene rings is 2. The normalized spacial score (nSPS) is 11.0. The van der Waals surface area contributed by atoms with Crippen LogP contribution < -0.4 is 15.4 Å². The van der Waals surface area contributed by atoms with Crippen LogP contribution in [0.4, 0.5) is 26.0 Å². The lowest BCUT2D eigenvalue weighted by Crippen LogP contribution is -2.19. The predicted octanol–water partition coefficient (Wildman–Crippen LogP) is 5.83. The lowest BCUT2D eigenvalue weighted by molar-refractivity contribution is -0.158. The summed E-state index contributed by atoms with van der Waals surface area (Å²) < 4.78 is 30.6. The standard InChI is InChI=1S/C22H21F2N3O2/c1-3-21(28)27-17-7-4-6-15(12-17)16-10-11-20(25-14-16)26-18-8-5-9-19(13-18)29-22(2,23)24/h4-14H,3H2,1-2H3,(H,25,26)(H,27,28). The molecule has 1 heterocycles. The zero-order valence-corrected chi connectivity index (χ0v) is 16.1. The van der Waals surface area contributed by atoms with E-state index in [2.05, 4.69) is 20.4 Å². The molecule has 0 spiro atoms. The van der Waals surface area contributed by atoms with Crippen molar-refractivity contribution in [3.63, 3.8) is 0 Å². The van der Waals surface area contributed by atoms with Gasteiger partial charge in [-0.3, -0.25) is 4.79 Å². The Balaban J connectivity index is 1.72. The number of carbonyl (C=O) groups is 1. The second-order valence-corrected chi connectivity index (χ2v) is 6.48. The van der Waals surface area contributed by atoms with Crippen molar-refractivity contribution >= 4 is 23.1 Å². The second-order valence-electron chi connectivity index (χ2n) is 6.48. The number of hydrogen-bond acceptors (Lipinski definition) is 4. The van der Waals surface area contributed by atoms with Crippen LogP contribution in [0.25, 0.3) is 11.1 Å². The molecule has 0 radical (unpaired) electrons. The number of alkyl halides is 2. The molecule has 7 heteroatoms. The number of nitrogens with zero attached hydrogens (tertiary/aromatic N) is 1. The first kappa shape index (κ1) is 20.3. The summed E-state index contributed by atoms with van der Waals surface area (Å²) >= 11 is 0. The lowest BCUT2D eigenvalue weighted by atomic mass is 10.1. The maximum Gasteiger partial charge on any atom is 0.394 e. The average Bonchev–Trinajstić information content (AvgIpc) is 2.67. The van der Waals surface area contributed by atoms with Crippen molar-refractivity contribution in [3.8, 4) is 16.9 Å². The third-order valence-electron chi connectivity index (χ3n) is 3.97. The average molecular weight is 397 g/mol. The summed E-state index contributed by atoms with van der Waals surface area (Å²) in [5.41, 5.74) is 3.10. The van der Waals surface area contributed by atoms with Crippen molar-refractivity contribution in [2.75, 3.05) is 10.6 Å². The van der Waals surface area contributed by atoms with Crippen LogP contribution in [-0.4, -0.2) is 17.0 Å². The van der Waals surface area contributed by atoms with E-state index in [9.17, 15) is 13.6 Å². The number of halogens is 2. The first-order chi connectivity index (χ1) is 13.8. The molecule has 0 bridgehead atoms. The maximum absolute atomic E-state index is 13.0. The quantitative estimate of drug-likeness (QED) is 0.526. The van der Waals surface area contributed by atoms with Crippen molar-refractivity contribution in [1.82, 2.24) is 4.98 Å². The molecular formula is C22H21F2N3O2. The Hall–Kier alpha value is -3.48. The van der Waals surface area contributed by atoms with Crippen LogP contribution in [0.15, 0.2) is 66.9 Å². The fourth-order valence-corrected chi connectivity index (χ4v) is 2.66. The predicted molar refractivity (Wildman–Crippen MR) is 110 cm³/mol. The van der Waals surface area contributed by atoms with E-state index in [0.717, 1.165) is 16.8 Å². The van der Waals surface area contributed by atoms with Crippen LogP contribution in [0.1, 0.15) is 20.3 Å². The highest BCUT2D eigenvalue weighted by Crippen LogP contribution is 2.27. The van der Waals surface area contributed by atoms with Crippen LogP contribution in [0, 0.1) is 0 Å². The highest BCUT2D eigenvalue weighted by Gasteiger charge is 2.23. The van der Waals surface area contributed by atoms with E-state index >= 15 is 0 Å². The van der Waals surface area contributed by atoms with E-state index in [1.54, 1.807) is 31.3 Å². The second kappa shape index (κ2) is 8.68. The smallest absolute Gasteiger partial charge is 0.394 e. The summed E-state index contributed by atoms with van der Waals surface area (Å²) in [5, 5.41) is 5.89. The molecule has 0 saturated heterocycles. The van der Waals surface area contributed by atoms with Crippen molar-refractivity contribution in [2.45, 2.75) is 26.4 Å². The van der Waals surface area contributed by atoms with E-state index in [0.29, 0.717) is 24.8 Å². The topological polar surface area (TPSA) is 63.2 Å². The minimum atomic E-state index is -3.25. The Morgan fingerprint density at radius 3 is 2.48 bits per heavy atom. The highest BCUT2D eigenvalue weighted by molar-refractivity contribution is 5.91. The Labute approximate surface area is 167 Å². The van der Waals surface area contributed by atoms with Crippen LogP contribution >= 0.6 is 0 Å². The van der Waals surface area contributed by atoms with Crippen LogP contribution in [0.3, 0.4) is 0 Å². The van der Waals surface area contributed by atoms with Gasteiger partial charge in [0.25, 0.3) is 0 Å². The Morgan fingerprint density at radius 1 is 1.03 bits per heavy atom.